The minimum atomic E-state index is -3.84. The fourth-order valence-electron chi connectivity index (χ4n) is 8.26. The molecule has 0 aliphatic carbocycles. The normalized spacial score (nSPS) is 13.4. The average molecular weight is 1060 g/mol. The molecule has 0 aliphatic heterocycles. The van der Waals surface area contributed by atoms with Gasteiger partial charge in [0.25, 0.3) is 0 Å². The van der Waals surface area contributed by atoms with Gasteiger partial charge < -0.3 is 28.4 Å². The number of nitrogens with zero attached hydrogens (tertiary/aromatic N) is 14. The number of aromatic nitrogens is 14. The minimum Gasteiger partial charge on any atom is -0.494 e. The smallest absolute Gasteiger partial charge is 0.170 e. The van der Waals surface area contributed by atoms with Crippen LogP contribution < -0.4 is 18.9 Å². The molecular formula is C48H58N14O10S2. The van der Waals surface area contributed by atoms with Crippen molar-refractivity contribution >= 4 is 19.7 Å². The minimum absolute atomic E-state index is 0.180. The van der Waals surface area contributed by atoms with E-state index in [9.17, 15) is 16.8 Å². The first-order valence-electron chi connectivity index (χ1n) is 22.7. The number of methoxy groups -OCH3 is 6. The van der Waals surface area contributed by atoms with Gasteiger partial charge in [0.2, 0.25) is 0 Å². The molecule has 0 fully saturated rings. The number of hydrogen-bond acceptors (Lipinski definition) is 20. The van der Waals surface area contributed by atoms with Crippen LogP contribution in [0.5, 0.6) is 23.0 Å². The van der Waals surface area contributed by atoms with Crippen molar-refractivity contribution in [2.24, 2.45) is 14.1 Å². The molecule has 24 nitrogen and oxygen atoms in total. The summed E-state index contributed by atoms with van der Waals surface area (Å²) in [4.78, 5) is 16.9. The van der Waals surface area contributed by atoms with Crippen molar-refractivity contribution in [3.8, 4) is 57.1 Å². The van der Waals surface area contributed by atoms with Crippen molar-refractivity contribution in [2.45, 2.75) is 61.9 Å². The largest absolute Gasteiger partial charge is 0.494 e. The molecule has 4 atom stereocenters. The Hall–Kier alpha value is -7.68. The summed E-state index contributed by atoms with van der Waals surface area (Å²) < 4.78 is 94.6. The van der Waals surface area contributed by atoms with E-state index in [1.165, 1.54) is 64.7 Å². The van der Waals surface area contributed by atoms with E-state index in [1.807, 2.05) is 26.0 Å². The number of aryl methyl sites for hydroxylation is 4. The molecule has 0 N–H and O–H groups in total. The number of sulfone groups is 2. The second kappa shape index (κ2) is 23.0. The summed E-state index contributed by atoms with van der Waals surface area (Å²) in [6.45, 7) is 6.97. The van der Waals surface area contributed by atoms with Crippen molar-refractivity contribution in [2.75, 3.05) is 42.7 Å². The van der Waals surface area contributed by atoms with Crippen LogP contribution in [0.15, 0.2) is 86.0 Å². The van der Waals surface area contributed by atoms with Gasteiger partial charge >= 0.3 is 0 Å². The van der Waals surface area contributed by atoms with Crippen LogP contribution in [0.4, 0.5) is 0 Å². The predicted octanol–water partition coefficient (Wildman–Crippen LogP) is 4.95. The lowest BCUT2D eigenvalue weighted by Crippen LogP contribution is -2.30. The Balaban J connectivity index is 0.000000216. The molecule has 0 saturated heterocycles. The van der Waals surface area contributed by atoms with Crippen LogP contribution in [-0.4, -0.2) is 139 Å². The molecule has 0 spiro atoms. The molecule has 6 heterocycles. The van der Waals surface area contributed by atoms with Gasteiger partial charge in [-0.2, -0.15) is 10.2 Å². The van der Waals surface area contributed by atoms with E-state index < -0.39 is 53.9 Å². The third-order valence-electron chi connectivity index (χ3n) is 12.1. The van der Waals surface area contributed by atoms with E-state index in [0.717, 1.165) is 11.1 Å². The van der Waals surface area contributed by atoms with Crippen LogP contribution in [0.3, 0.4) is 0 Å². The Bertz CT molecular complexity index is 3180. The van der Waals surface area contributed by atoms with Gasteiger partial charge in [-0.15, -0.1) is 20.4 Å². The molecule has 392 valence electrons. The molecule has 26 heteroatoms. The second-order valence-electron chi connectivity index (χ2n) is 16.9. The number of rotatable bonds is 20. The molecule has 0 radical (unpaired) electrons. The number of ether oxygens (including phenoxy) is 6. The highest BCUT2D eigenvalue weighted by molar-refractivity contribution is 7.91. The Kier molecular flexibility index (Phi) is 16.8. The van der Waals surface area contributed by atoms with Crippen molar-refractivity contribution in [1.29, 1.82) is 0 Å². The lowest BCUT2D eigenvalue weighted by atomic mass is 10.2. The molecular weight excluding hydrogens is 997 g/mol. The van der Waals surface area contributed by atoms with Crippen LogP contribution in [0, 0.1) is 13.8 Å². The Morgan fingerprint density at radius 2 is 0.878 bits per heavy atom. The van der Waals surface area contributed by atoms with Crippen LogP contribution in [0.2, 0.25) is 0 Å². The lowest BCUT2D eigenvalue weighted by Gasteiger charge is -2.22. The van der Waals surface area contributed by atoms with E-state index in [0.29, 0.717) is 68.8 Å². The van der Waals surface area contributed by atoms with Gasteiger partial charge in [0.05, 0.1) is 38.9 Å². The van der Waals surface area contributed by atoms with Gasteiger partial charge in [0, 0.05) is 64.2 Å². The number of hydrogen-bond donors (Lipinski definition) is 0. The van der Waals surface area contributed by atoms with Gasteiger partial charge in [-0.25, -0.2) is 26.8 Å². The molecule has 0 unspecified atom stereocenters. The van der Waals surface area contributed by atoms with E-state index in [-0.39, 0.29) is 11.6 Å². The zero-order valence-corrected chi connectivity index (χ0v) is 44.6. The molecule has 0 saturated carbocycles. The average Bonchev–Trinajstić information content (AvgIpc) is 4.21. The summed E-state index contributed by atoms with van der Waals surface area (Å²) in [5, 5.41) is 23.5. The van der Waals surface area contributed by atoms with Gasteiger partial charge in [-0.3, -0.25) is 28.5 Å². The van der Waals surface area contributed by atoms with Crippen molar-refractivity contribution < 1.29 is 45.3 Å². The molecule has 6 aromatic heterocycles. The molecule has 8 rings (SSSR count). The molecule has 74 heavy (non-hydrogen) atoms. The summed E-state index contributed by atoms with van der Waals surface area (Å²) in [7, 11) is 4.67. The highest BCUT2D eigenvalue weighted by atomic mass is 32.2. The SMILES string of the molecule is COc1cccc(OC)c1-n1c(CS(=O)(=O)[C@@H](C)[C@@H](OC)c2ncnn2C)nnc1-c1cncc(C)c1.COc1cccc(OC)c1-n1c(CS(=O)(=O)[C@H](C)[C@@H](OC)c2ncnn2C)nnc1-c1cncc(C)c1. The van der Waals surface area contributed by atoms with Crippen LogP contribution >= 0.6 is 0 Å². The zero-order chi connectivity index (χ0) is 53.5. The zero-order valence-electron chi connectivity index (χ0n) is 43.0. The van der Waals surface area contributed by atoms with E-state index in [4.69, 9.17) is 28.4 Å². The summed E-state index contributed by atoms with van der Waals surface area (Å²) in [5.74, 6) is 2.93. The monoisotopic (exact) mass is 1050 g/mol. The standard InChI is InChI=1S/2C24H29N7O5S/c2*1-15-10-17(12-25-11-15)23-29-28-20(31(23)21-18(34-4)8-7-9-19(21)35-5)13-37(32,33)16(2)22(36-6)24-26-14-27-30(24)3/h2*7-12,14,16,22H,13H2,1-6H3/t16-,22+;16-,22-/m01/s1. The molecule has 0 bridgehead atoms. The molecule has 8 aromatic rings. The van der Waals surface area contributed by atoms with Crippen LogP contribution in [0.1, 0.15) is 60.5 Å². The predicted molar refractivity (Wildman–Crippen MR) is 271 cm³/mol. The first-order valence-corrected chi connectivity index (χ1v) is 26.2. The summed E-state index contributed by atoms with van der Waals surface area (Å²) in [6.07, 6.45) is 7.76. The molecule has 0 aliphatic rings. The fraction of sp³-hybridized carbons (Fsp3) is 0.375. The third kappa shape index (κ3) is 11.1. The topological polar surface area (TPSA) is 272 Å². The van der Waals surface area contributed by atoms with Crippen molar-refractivity contribution in [3.63, 3.8) is 0 Å². The van der Waals surface area contributed by atoms with Crippen LogP contribution in [0.25, 0.3) is 34.2 Å². The Labute approximate surface area is 428 Å². The number of benzene rings is 2. The molecule has 2 aromatic carbocycles. The third-order valence-corrected chi connectivity index (χ3v) is 16.2. The Morgan fingerprint density at radius 3 is 1.16 bits per heavy atom. The quantitative estimate of drug-likeness (QED) is 0.0976. The fourth-order valence-corrected chi connectivity index (χ4v) is 11.1. The maximum atomic E-state index is 13.7. The maximum absolute atomic E-state index is 13.7. The lowest BCUT2D eigenvalue weighted by molar-refractivity contribution is 0.0916. The highest BCUT2D eigenvalue weighted by Gasteiger charge is 2.38. The second-order valence-corrected chi connectivity index (χ2v) is 21.6. The van der Waals surface area contributed by atoms with Gasteiger partial charge in [-0.1, -0.05) is 12.1 Å². The van der Waals surface area contributed by atoms with Gasteiger partial charge in [-0.05, 0) is 75.2 Å². The van der Waals surface area contributed by atoms with Gasteiger partial charge in [0.1, 0.15) is 70.7 Å². The number of para-hydroxylation sites is 2. The molecule has 0 amide bonds. The first-order chi connectivity index (χ1) is 35.4. The summed E-state index contributed by atoms with van der Waals surface area (Å²) >= 11 is 0. The number of pyridine rings is 2. The van der Waals surface area contributed by atoms with E-state index in [2.05, 4.69) is 50.5 Å². The Morgan fingerprint density at radius 1 is 0.527 bits per heavy atom. The first kappa shape index (κ1) is 54.1. The van der Waals surface area contributed by atoms with E-state index in [1.54, 1.807) is 98.3 Å². The van der Waals surface area contributed by atoms with Crippen molar-refractivity contribution in [3.05, 3.63) is 120 Å². The van der Waals surface area contributed by atoms with Crippen LogP contribution in [-0.2, 0) is 54.7 Å². The highest BCUT2D eigenvalue weighted by Crippen LogP contribution is 2.39. The van der Waals surface area contributed by atoms with Crippen molar-refractivity contribution in [1.82, 2.24) is 69.0 Å². The summed E-state index contributed by atoms with van der Waals surface area (Å²) in [6, 6.07) is 14.4. The van der Waals surface area contributed by atoms with E-state index >= 15 is 0 Å². The van der Waals surface area contributed by atoms with Gasteiger partial charge in [0.15, 0.2) is 54.6 Å². The summed E-state index contributed by atoms with van der Waals surface area (Å²) in [5.41, 5.74) is 4.09. The maximum Gasteiger partial charge on any atom is 0.170 e.